The van der Waals surface area contributed by atoms with Gasteiger partial charge in [0, 0.05) is 13.1 Å². The normalized spacial score (nSPS) is 20.8. The zero-order valence-corrected chi connectivity index (χ0v) is 11.6. The molecule has 1 atom stereocenters. The summed E-state index contributed by atoms with van der Waals surface area (Å²) in [4.78, 5) is 16.5. The number of aromatic nitrogens is 2. The molecule has 0 spiro atoms. The first kappa shape index (κ1) is 13.3. The molecule has 0 amide bonds. The summed E-state index contributed by atoms with van der Waals surface area (Å²) in [5, 5.41) is 0. The molecular formula is C12H16N4O3S. The van der Waals surface area contributed by atoms with Crippen LogP contribution >= 0.6 is 0 Å². The molecule has 2 aromatic rings. The first-order valence-electron chi connectivity index (χ1n) is 6.43. The Kier molecular flexibility index (Phi) is 3.15. The Morgan fingerprint density at radius 2 is 2.05 bits per heavy atom. The minimum Gasteiger partial charge on any atom is -0.330 e. The van der Waals surface area contributed by atoms with Gasteiger partial charge in [-0.2, -0.15) is 4.31 Å². The predicted molar refractivity (Wildman–Crippen MR) is 74.8 cm³/mol. The molecule has 0 radical (unpaired) electrons. The maximum Gasteiger partial charge on any atom is 0.323 e. The lowest BCUT2D eigenvalue weighted by Crippen LogP contribution is -2.30. The number of fused-ring (bicyclic) bond motifs is 1. The fourth-order valence-electron chi connectivity index (χ4n) is 2.53. The Morgan fingerprint density at radius 1 is 1.30 bits per heavy atom. The number of nitrogens with one attached hydrogen (secondary N) is 2. The number of rotatable bonds is 3. The van der Waals surface area contributed by atoms with Gasteiger partial charge >= 0.3 is 5.69 Å². The number of hydrogen-bond acceptors (Lipinski definition) is 4. The Labute approximate surface area is 115 Å². The zero-order chi connectivity index (χ0) is 14.3. The molecular weight excluding hydrogens is 280 g/mol. The van der Waals surface area contributed by atoms with Crippen LogP contribution < -0.4 is 11.4 Å². The van der Waals surface area contributed by atoms with E-state index in [-0.39, 0.29) is 16.5 Å². The molecule has 2 heterocycles. The predicted octanol–water partition coefficient (Wildman–Crippen LogP) is -0.175. The van der Waals surface area contributed by atoms with Crippen molar-refractivity contribution in [2.24, 2.45) is 11.7 Å². The van der Waals surface area contributed by atoms with Crippen molar-refractivity contribution in [2.45, 2.75) is 11.3 Å². The van der Waals surface area contributed by atoms with E-state index < -0.39 is 10.0 Å². The van der Waals surface area contributed by atoms with Gasteiger partial charge in [0.2, 0.25) is 10.0 Å². The van der Waals surface area contributed by atoms with Gasteiger partial charge in [0.25, 0.3) is 0 Å². The second kappa shape index (κ2) is 4.72. The molecule has 0 bridgehead atoms. The Balaban J connectivity index is 1.98. The van der Waals surface area contributed by atoms with E-state index in [4.69, 9.17) is 5.73 Å². The molecule has 4 N–H and O–H groups in total. The summed E-state index contributed by atoms with van der Waals surface area (Å²) in [7, 11) is -3.52. The molecule has 20 heavy (non-hydrogen) atoms. The molecule has 1 unspecified atom stereocenters. The highest BCUT2D eigenvalue weighted by molar-refractivity contribution is 7.89. The van der Waals surface area contributed by atoms with Crippen LogP contribution in [0.4, 0.5) is 0 Å². The molecule has 0 aliphatic carbocycles. The van der Waals surface area contributed by atoms with Crippen LogP contribution in [0.5, 0.6) is 0 Å². The third-order valence-electron chi connectivity index (χ3n) is 3.71. The fourth-order valence-corrected chi connectivity index (χ4v) is 4.09. The van der Waals surface area contributed by atoms with Crippen molar-refractivity contribution in [2.75, 3.05) is 19.6 Å². The first-order chi connectivity index (χ1) is 9.50. The van der Waals surface area contributed by atoms with E-state index in [1.165, 1.54) is 16.4 Å². The highest BCUT2D eigenvalue weighted by Crippen LogP contribution is 2.25. The second-order valence-electron chi connectivity index (χ2n) is 5.04. The van der Waals surface area contributed by atoms with Crippen molar-refractivity contribution >= 4 is 21.1 Å². The van der Waals surface area contributed by atoms with Crippen LogP contribution in [-0.4, -0.2) is 42.3 Å². The summed E-state index contributed by atoms with van der Waals surface area (Å²) in [6.45, 7) is 1.45. The third kappa shape index (κ3) is 2.15. The number of hydrogen-bond donors (Lipinski definition) is 3. The van der Waals surface area contributed by atoms with E-state index in [0.29, 0.717) is 30.7 Å². The highest BCUT2D eigenvalue weighted by Gasteiger charge is 2.32. The minimum atomic E-state index is -3.52. The molecule has 1 aliphatic heterocycles. The van der Waals surface area contributed by atoms with E-state index >= 15 is 0 Å². The molecule has 8 heteroatoms. The van der Waals surface area contributed by atoms with Gasteiger partial charge in [-0.3, -0.25) is 0 Å². The van der Waals surface area contributed by atoms with Crippen LogP contribution in [0.25, 0.3) is 11.0 Å². The fraction of sp³-hybridized carbons (Fsp3) is 0.417. The van der Waals surface area contributed by atoms with Gasteiger partial charge in [0.1, 0.15) is 0 Å². The second-order valence-corrected chi connectivity index (χ2v) is 6.98. The van der Waals surface area contributed by atoms with Crippen LogP contribution in [0.3, 0.4) is 0 Å². The number of aromatic amines is 2. The summed E-state index contributed by atoms with van der Waals surface area (Å²) >= 11 is 0. The van der Waals surface area contributed by atoms with Crippen molar-refractivity contribution in [1.82, 2.24) is 14.3 Å². The SMILES string of the molecule is NCC1CCN(S(=O)(=O)c2ccc3[nH]c(=O)[nH]c3c2)C1. The van der Waals surface area contributed by atoms with Gasteiger partial charge in [0.05, 0.1) is 15.9 Å². The molecule has 1 aliphatic rings. The molecule has 1 aromatic carbocycles. The number of imidazole rings is 1. The van der Waals surface area contributed by atoms with Crippen LogP contribution in [-0.2, 0) is 10.0 Å². The quantitative estimate of drug-likeness (QED) is 0.729. The van der Waals surface area contributed by atoms with Gasteiger partial charge in [-0.05, 0) is 37.1 Å². The van der Waals surface area contributed by atoms with Crippen molar-refractivity contribution in [1.29, 1.82) is 0 Å². The highest BCUT2D eigenvalue weighted by atomic mass is 32.2. The average molecular weight is 296 g/mol. The maximum absolute atomic E-state index is 12.5. The lowest BCUT2D eigenvalue weighted by Gasteiger charge is -2.16. The Bertz CT molecular complexity index is 792. The lowest BCUT2D eigenvalue weighted by atomic mass is 10.1. The van der Waals surface area contributed by atoms with E-state index in [0.717, 1.165) is 6.42 Å². The summed E-state index contributed by atoms with van der Waals surface area (Å²) in [6, 6.07) is 4.59. The molecule has 3 rings (SSSR count). The number of benzene rings is 1. The van der Waals surface area contributed by atoms with Crippen molar-refractivity contribution in [3.05, 3.63) is 28.7 Å². The van der Waals surface area contributed by atoms with Gasteiger partial charge in [-0.15, -0.1) is 0 Å². The topological polar surface area (TPSA) is 112 Å². The number of H-pyrrole nitrogens is 2. The van der Waals surface area contributed by atoms with Gasteiger partial charge in [-0.25, -0.2) is 13.2 Å². The van der Waals surface area contributed by atoms with Crippen LogP contribution in [0.15, 0.2) is 27.9 Å². The zero-order valence-electron chi connectivity index (χ0n) is 10.8. The lowest BCUT2D eigenvalue weighted by molar-refractivity contribution is 0.459. The monoisotopic (exact) mass is 296 g/mol. The van der Waals surface area contributed by atoms with E-state index in [1.54, 1.807) is 6.07 Å². The average Bonchev–Trinajstić information content (AvgIpc) is 3.02. The Hall–Kier alpha value is -1.64. The van der Waals surface area contributed by atoms with Crippen LogP contribution in [0.1, 0.15) is 6.42 Å². The molecule has 1 aromatic heterocycles. The smallest absolute Gasteiger partial charge is 0.323 e. The summed E-state index contributed by atoms with van der Waals surface area (Å²) < 4.78 is 26.5. The number of nitrogens with zero attached hydrogens (tertiary/aromatic N) is 1. The molecule has 108 valence electrons. The largest absolute Gasteiger partial charge is 0.330 e. The van der Waals surface area contributed by atoms with Crippen molar-refractivity contribution in [3.8, 4) is 0 Å². The van der Waals surface area contributed by atoms with Gasteiger partial charge < -0.3 is 15.7 Å². The maximum atomic E-state index is 12.5. The van der Waals surface area contributed by atoms with E-state index in [9.17, 15) is 13.2 Å². The molecule has 7 nitrogen and oxygen atoms in total. The minimum absolute atomic E-state index is 0.193. The molecule has 1 fully saturated rings. The Morgan fingerprint density at radius 3 is 2.75 bits per heavy atom. The number of nitrogens with two attached hydrogens (primary N) is 1. The molecule has 0 saturated carbocycles. The van der Waals surface area contributed by atoms with Gasteiger partial charge in [-0.1, -0.05) is 0 Å². The standard InChI is InChI=1S/C12H16N4O3S/c13-6-8-3-4-16(7-8)20(18,19)9-1-2-10-11(5-9)15-12(17)14-10/h1-2,5,8H,3-4,6-7,13H2,(H2,14,15,17). The van der Waals surface area contributed by atoms with Crippen LogP contribution in [0, 0.1) is 5.92 Å². The summed E-state index contributed by atoms with van der Waals surface area (Å²) in [5.74, 6) is 0.223. The molecule has 1 saturated heterocycles. The summed E-state index contributed by atoms with van der Waals surface area (Å²) in [5.41, 5.74) is 6.33. The van der Waals surface area contributed by atoms with E-state index in [1.807, 2.05) is 0 Å². The van der Waals surface area contributed by atoms with Crippen molar-refractivity contribution in [3.63, 3.8) is 0 Å². The first-order valence-corrected chi connectivity index (χ1v) is 7.87. The summed E-state index contributed by atoms with van der Waals surface area (Å²) in [6.07, 6.45) is 0.791. The van der Waals surface area contributed by atoms with Crippen molar-refractivity contribution < 1.29 is 8.42 Å². The third-order valence-corrected chi connectivity index (χ3v) is 5.57. The van der Waals surface area contributed by atoms with E-state index in [2.05, 4.69) is 9.97 Å². The number of sulfonamides is 1. The van der Waals surface area contributed by atoms with Crippen LogP contribution in [0.2, 0.25) is 0 Å². The van der Waals surface area contributed by atoms with Gasteiger partial charge in [0.15, 0.2) is 0 Å².